The molecule has 1 saturated heterocycles. The maximum atomic E-state index is 13.0. The number of thiophene rings is 1. The maximum Gasteiger partial charge on any atom is 0.328 e. The highest BCUT2D eigenvalue weighted by Crippen LogP contribution is 2.36. The van der Waals surface area contributed by atoms with Gasteiger partial charge < -0.3 is 9.64 Å². The smallest absolute Gasteiger partial charge is 0.328 e. The number of hydrogen-bond acceptors (Lipinski definition) is 5. The third-order valence-corrected chi connectivity index (χ3v) is 5.82. The third kappa shape index (κ3) is 3.62. The van der Waals surface area contributed by atoms with E-state index in [2.05, 4.69) is 6.08 Å². The molecular weight excluding hydrogens is 336 g/mol. The van der Waals surface area contributed by atoms with Gasteiger partial charge in [0.2, 0.25) is 0 Å². The van der Waals surface area contributed by atoms with Crippen LogP contribution in [0.3, 0.4) is 0 Å². The molecule has 6 heteroatoms. The van der Waals surface area contributed by atoms with E-state index in [1.165, 1.54) is 17.8 Å². The molecule has 1 aromatic rings. The lowest BCUT2D eigenvalue weighted by atomic mass is 9.84. The van der Waals surface area contributed by atoms with Crippen molar-refractivity contribution in [3.63, 3.8) is 0 Å². The van der Waals surface area contributed by atoms with Crippen LogP contribution >= 0.6 is 11.3 Å². The topological polar surface area (TPSA) is 70.4 Å². The second kappa shape index (κ2) is 7.83. The summed E-state index contributed by atoms with van der Waals surface area (Å²) in [5.41, 5.74) is 1.72. The molecule has 132 valence electrons. The van der Waals surface area contributed by atoms with Crippen molar-refractivity contribution in [1.82, 2.24) is 4.90 Å². The Balaban J connectivity index is 1.79. The molecule has 0 N–H and O–H groups in total. The van der Waals surface area contributed by atoms with Crippen LogP contribution < -0.4 is 0 Å². The number of amides is 1. The van der Waals surface area contributed by atoms with Crippen LogP contribution in [0.15, 0.2) is 23.2 Å². The van der Waals surface area contributed by atoms with Crippen molar-refractivity contribution < 1.29 is 14.3 Å². The summed E-state index contributed by atoms with van der Waals surface area (Å²) in [5, 5.41) is 11.0. The Hall–Kier alpha value is -2.13. The molecule has 2 unspecified atom stereocenters. The summed E-state index contributed by atoms with van der Waals surface area (Å²) in [5.74, 6) is -1.05. The minimum atomic E-state index is -0.963. The lowest BCUT2D eigenvalue weighted by Crippen LogP contribution is -2.38. The summed E-state index contributed by atoms with van der Waals surface area (Å²) >= 11 is 1.27. The SMILES string of the molecule is CCOC(=O)C(C#N)c1cc(C(=O)N2CCCC3CCCC=C32)cs1. The average Bonchev–Trinajstić information content (AvgIpc) is 3.11. The van der Waals surface area contributed by atoms with Gasteiger partial charge in [-0.05, 0) is 51.0 Å². The first-order valence-electron chi connectivity index (χ1n) is 8.82. The van der Waals surface area contributed by atoms with E-state index in [0.717, 1.165) is 37.9 Å². The Bertz CT molecular complexity index is 731. The van der Waals surface area contributed by atoms with Gasteiger partial charge in [-0.1, -0.05) is 6.08 Å². The van der Waals surface area contributed by atoms with Crippen LogP contribution in [0.25, 0.3) is 0 Å². The number of fused-ring (bicyclic) bond motifs is 1. The van der Waals surface area contributed by atoms with E-state index in [1.807, 2.05) is 11.0 Å². The number of allylic oxidation sites excluding steroid dienone is 2. The number of esters is 1. The van der Waals surface area contributed by atoms with Crippen molar-refractivity contribution in [2.24, 2.45) is 5.92 Å². The van der Waals surface area contributed by atoms with E-state index in [9.17, 15) is 14.9 Å². The average molecular weight is 358 g/mol. The van der Waals surface area contributed by atoms with Gasteiger partial charge in [0.25, 0.3) is 5.91 Å². The zero-order valence-corrected chi connectivity index (χ0v) is 15.2. The Labute approximate surface area is 151 Å². The molecule has 5 nitrogen and oxygen atoms in total. The Morgan fingerprint density at radius 2 is 2.24 bits per heavy atom. The summed E-state index contributed by atoms with van der Waals surface area (Å²) in [4.78, 5) is 27.3. The van der Waals surface area contributed by atoms with Gasteiger partial charge in [-0.3, -0.25) is 9.59 Å². The first-order chi connectivity index (χ1) is 12.2. The molecule has 1 fully saturated rings. The number of nitrogens with zero attached hydrogens (tertiary/aromatic N) is 2. The van der Waals surface area contributed by atoms with Gasteiger partial charge in [0.15, 0.2) is 5.92 Å². The van der Waals surface area contributed by atoms with Crippen LogP contribution in [0.2, 0.25) is 0 Å². The number of rotatable bonds is 4. The van der Waals surface area contributed by atoms with Gasteiger partial charge >= 0.3 is 5.97 Å². The van der Waals surface area contributed by atoms with E-state index in [0.29, 0.717) is 16.4 Å². The van der Waals surface area contributed by atoms with E-state index in [4.69, 9.17) is 4.74 Å². The van der Waals surface area contributed by atoms with Crippen LogP contribution in [0, 0.1) is 17.2 Å². The summed E-state index contributed by atoms with van der Waals surface area (Å²) in [6.07, 6.45) is 7.77. The van der Waals surface area contributed by atoms with Crippen molar-refractivity contribution in [3.05, 3.63) is 33.7 Å². The van der Waals surface area contributed by atoms with Gasteiger partial charge in [-0.15, -0.1) is 11.3 Å². The molecule has 1 aliphatic carbocycles. The third-order valence-electron chi connectivity index (χ3n) is 4.82. The Morgan fingerprint density at radius 3 is 3.00 bits per heavy atom. The van der Waals surface area contributed by atoms with E-state index in [1.54, 1.807) is 18.4 Å². The van der Waals surface area contributed by atoms with Crippen molar-refractivity contribution in [3.8, 4) is 6.07 Å². The molecule has 2 heterocycles. The van der Waals surface area contributed by atoms with E-state index in [-0.39, 0.29) is 12.5 Å². The van der Waals surface area contributed by atoms with Crippen molar-refractivity contribution in [2.75, 3.05) is 13.2 Å². The lowest BCUT2D eigenvalue weighted by molar-refractivity contribution is -0.143. The quantitative estimate of drug-likeness (QED) is 0.767. The molecule has 1 aromatic heterocycles. The molecule has 2 atom stereocenters. The van der Waals surface area contributed by atoms with Crippen molar-refractivity contribution in [1.29, 1.82) is 5.26 Å². The normalized spacial score (nSPS) is 20.9. The van der Waals surface area contributed by atoms with E-state index >= 15 is 0 Å². The van der Waals surface area contributed by atoms with Crippen LogP contribution in [-0.4, -0.2) is 29.9 Å². The Morgan fingerprint density at radius 1 is 1.44 bits per heavy atom. The summed E-state index contributed by atoms with van der Waals surface area (Å²) in [7, 11) is 0. The molecule has 3 rings (SSSR count). The second-order valence-electron chi connectivity index (χ2n) is 6.41. The van der Waals surface area contributed by atoms with Gasteiger partial charge in [-0.25, -0.2) is 0 Å². The number of piperidine rings is 1. The molecule has 0 spiro atoms. The summed E-state index contributed by atoms with van der Waals surface area (Å²) in [6, 6.07) is 3.65. The van der Waals surface area contributed by atoms with Crippen LogP contribution in [0.4, 0.5) is 0 Å². The predicted molar refractivity (Wildman–Crippen MR) is 95.0 cm³/mol. The highest BCUT2D eigenvalue weighted by Gasteiger charge is 2.32. The molecular formula is C19H22N2O3S. The zero-order chi connectivity index (χ0) is 17.8. The van der Waals surface area contributed by atoms with Crippen molar-refractivity contribution in [2.45, 2.75) is 44.9 Å². The fraction of sp³-hybridized carbons (Fsp3) is 0.526. The minimum absolute atomic E-state index is 0.0269. The Kier molecular flexibility index (Phi) is 5.54. The monoisotopic (exact) mass is 358 g/mol. The number of ether oxygens (including phenoxy) is 1. The number of likely N-dealkylation sites (tertiary alicyclic amines) is 1. The van der Waals surface area contributed by atoms with Crippen LogP contribution in [0.5, 0.6) is 0 Å². The van der Waals surface area contributed by atoms with E-state index < -0.39 is 11.9 Å². The largest absolute Gasteiger partial charge is 0.465 e. The highest BCUT2D eigenvalue weighted by molar-refractivity contribution is 7.10. The standard InChI is InChI=1S/C19H22N2O3S/c1-2-24-19(23)15(11-20)17-10-14(12-25-17)18(22)21-9-5-7-13-6-3-4-8-16(13)21/h8,10,12-13,15H,2-7,9H2,1H3. The van der Waals surface area contributed by atoms with Gasteiger partial charge in [0.05, 0.1) is 18.2 Å². The molecule has 25 heavy (non-hydrogen) atoms. The molecule has 0 radical (unpaired) electrons. The molecule has 2 aliphatic rings. The van der Waals surface area contributed by atoms with Crippen LogP contribution in [0.1, 0.15) is 60.2 Å². The molecule has 1 amide bonds. The zero-order valence-electron chi connectivity index (χ0n) is 14.4. The lowest BCUT2D eigenvalue weighted by Gasteiger charge is -2.37. The number of carbonyl (C=O) groups is 2. The first-order valence-corrected chi connectivity index (χ1v) is 9.70. The van der Waals surface area contributed by atoms with Crippen LogP contribution in [-0.2, 0) is 9.53 Å². The van der Waals surface area contributed by atoms with Gasteiger partial charge in [0.1, 0.15) is 0 Å². The van der Waals surface area contributed by atoms with Crippen molar-refractivity contribution >= 4 is 23.2 Å². The van der Waals surface area contributed by atoms with Gasteiger partial charge in [0, 0.05) is 22.5 Å². The molecule has 0 saturated carbocycles. The molecule has 1 aliphatic heterocycles. The first kappa shape index (κ1) is 17.7. The molecule has 0 aromatic carbocycles. The number of nitriles is 1. The molecule has 0 bridgehead atoms. The predicted octanol–water partition coefficient (Wildman–Crippen LogP) is 3.84. The minimum Gasteiger partial charge on any atom is -0.465 e. The second-order valence-corrected chi connectivity index (χ2v) is 7.35. The fourth-order valence-electron chi connectivity index (χ4n) is 3.63. The summed E-state index contributed by atoms with van der Waals surface area (Å²) < 4.78 is 4.95. The number of hydrogen-bond donors (Lipinski definition) is 0. The van der Waals surface area contributed by atoms with Gasteiger partial charge in [-0.2, -0.15) is 5.26 Å². The maximum absolute atomic E-state index is 13.0. The number of carbonyl (C=O) groups excluding carboxylic acids is 2. The highest BCUT2D eigenvalue weighted by atomic mass is 32.1. The fourth-order valence-corrected chi connectivity index (χ4v) is 4.54. The summed E-state index contributed by atoms with van der Waals surface area (Å²) in [6.45, 7) is 2.68.